The number of nitrogens with zero attached hydrogens (tertiary/aromatic N) is 8. The normalized spacial score (nSPS) is 18.3. The Labute approximate surface area is 347 Å². The first kappa shape index (κ1) is 40.2. The smallest absolute Gasteiger partial charge is 0.243 e. The third-order valence-corrected chi connectivity index (χ3v) is 12.9. The van der Waals surface area contributed by atoms with E-state index >= 15 is 0 Å². The number of phenols is 1. The average Bonchev–Trinajstić information content (AvgIpc) is 4.01. The average molecular weight is 818 g/mol. The number of likely N-dealkylation sites (N-methyl/N-ethyl adjacent to an activating group) is 1. The van der Waals surface area contributed by atoms with E-state index in [1.807, 2.05) is 93.7 Å². The molecule has 2 amide bonds. The molecular weight excluding hydrogens is 767 g/mol. The summed E-state index contributed by atoms with van der Waals surface area (Å²) in [5, 5.41) is 37.3. The van der Waals surface area contributed by atoms with Gasteiger partial charge >= 0.3 is 0 Å². The Balaban J connectivity index is 0.864. The number of phenolic OH excluding ortho intramolecular Hbond substituents is 1. The number of likely N-dealkylation sites (tertiary alicyclic amines) is 2. The van der Waals surface area contributed by atoms with Gasteiger partial charge in [-0.3, -0.25) is 9.59 Å². The van der Waals surface area contributed by atoms with Crippen LogP contribution in [0.5, 0.6) is 5.75 Å². The number of nitrogens with one attached hydrogen (secondary N) is 1. The maximum Gasteiger partial charge on any atom is 0.243 e. The minimum absolute atomic E-state index is 0.0700. The predicted molar refractivity (Wildman–Crippen MR) is 227 cm³/mol. The highest BCUT2D eigenvalue weighted by atomic mass is 32.1. The molecule has 0 unspecified atom stereocenters. The van der Waals surface area contributed by atoms with Crippen molar-refractivity contribution < 1.29 is 24.3 Å². The van der Waals surface area contributed by atoms with Gasteiger partial charge in [0.15, 0.2) is 11.6 Å². The quantitative estimate of drug-likeness (QED) is 0.128. The largest absolute Gasteiger partial charge is 0.507 e. The molecule has 0 radical (unpaired) electrons. The van der Waals surface area contributed by atoms with Gasteiger partial charge in [-0.25, -0.2) is 4.98 Å². The van der Waals surface area contributed by atoms with E-state index in [0.717, 1.165) is 52.4 Å². The number of aromatic nitrogens is 5. The Morgan fingerprint density at radius 1 is 1.03 bits per heavy atom. The Kier molecular flexibility index (Phi) is 11.3. The van der Waals surface area contributed by atoms with E-state index in [0.29, 0.717) is 35.3 Å². The molecule has 6 aromatic rings. The number of carbonyl (C=O) groups excluding carboxylic acids is 2. The molecule has 0 aliphatic carbocycles. The number of rotatable bonds is 13. The topological polar surface area (TPSA) is 166 Å². The first-order valence-corrected chi connectivity index (χ1v) is 21.0. The third kappa shape index (κ3) is 8.06. The summed E-state index contributed by atoms with van der Waals surface area (Å²) in [7, 11) is 4.01. The van der Waals surface area contributed by atoms with Crippen LogP contribution < -0.4 is 10.2 Å². The molecule has 0 saturated carbocycles. The zero-order valence-electron chi connectivity index (χ0n) is 34.2. The second kappa shape index (κ2) is 16.5. The van der Waals surface area contributed by atoms with E-state index in [1.54, 1.807) is 23.5 Å². The number of carbonyl (C=O) groups is 2. The van der Waals surface area contributed by atoms with Crippen molar-refractivity contribution in [2.75, 3.05) is 44.7 Å². The SMILES string of the molecule is Cc1ncsc1-c1ccc([C@H](C)NC(=O)[C@@H]2C[C@@H](O)CN2C(=O)[C@@H](c2cc(N(C)CCN3CC(c4cc5nnc(-c6ccccc6O)cc5n4C)C3)no2)C(C)C)cc1. The van der Waals surface area contributed by atoms with Crippen molar-refractivity contribution in [1.82, 2.24) is 40.0 Å². The minimum atomic E-state index is -0.811. The first-order chi connectivity index (χ1) is 28.4. The van der Waals surface area contributed by atoms with Crippen LogP contribution >= 0.6 is 11.3 Å². The van der Waals surface area contributed by atoms with Gasteiger partial charge in [0.1, 0.15) is 23.2 Å². The number of hydrogen-bond donors (Lipinski definition) is 3. The highest BCUT2D eigenvalue weighted by Gasteiger charge is 2.43. The van der Waals surface area contributed by atoms with E-state index in [4.69, 9.17) is 4.52 Å². The summed E-state index contributed by atoms with van der Waals surface area (Å²) < 4.78 is 8.01. The Morgan fingerprint density at radius 2 is 1.80 bits per heavy atom. The van der Waals surface area contributed by atoms with Gasteiger partial charge in [0.05, 0.1) is 39.4 Å². The molecule has 2 aliphatic rings. The van der Waals surface area contributed by atoms with Crippen LogP contribution in [0.2, 0.25) is 0 Å². The second-order valence-corrected chi connectivity index (χ2v) is 17.2. The number of benzene rings is 2. The van der Waals surface area contributed by atoms with Crippen molar-refractivity contribution in [2.24, 2.45) is 13.0 Å². The number of amides is 2. The fourth-order valence-corrected chi connectivity index (χ4v) is 9.23. The highest BCUT2D eigenvalue weighted by molar-refractivity contribution is 7.13. The molecule has 4 aromatic heterocycles. The Bertz CT molecular complexity index is 2450. The van der Waals surface area contributed by atoms with Crippen molar-refractivity contribution in [3.8, 4) is 27.4 Å². The van der Waals surface area contributed by atoms with Gasteiger partial charge in [0.25, 0.3) is 0 Å². The molecular formula is C44H51N9O5S. The minimum Gasteiger partial charge on any atom is -0.507 e. The highest BCUT2D eigenvalue weighted by Crippen LogP contribution is 2.35. The van der Waals surface area contributed by atoms with E-state index in [-0.39, 0.29) is 42.5 Å². The summed E-state index contributed by atoms with van der Waals surface area (Å²) in [6.07, 6.45) is -0.648. The lowest BCUT2D eigenvalue weighted by Gasteiger charge is -2.40. The van der Waals surface area contributed by atoms with Crippen LogP contribution in [0.15, 0.2) is 76.8 Å². The predicted octanol–water partition coefficient (Wildman–Crippen LogP) is 5.88. The first-order valence-electron chi connectivity index (χ1n) is 20.2. The van der Waals surface area contributed by atoms with Crippen molar-refractivity contribution in [3.63, 3.8) is 0 Å². The Hall–Kier alpha value is -5.64. The summed E-state index contributed by atoms with van der Waals surface area (Å²) >= 11 is 1.59. The molecule has 2 aliphatic heterocycles. The van der Waals surface area contributed by atoms with Crippen LogP contribution in [0.25, 0.3) is 32.7 Å². The van der Waals surface area contributed by atoms with E-state index in [1.165, 1.54) is 10.6 Å². The van der Waals surface area contributed by atoms with Crippen molar-refractivity contribution >= 4 is 40.0 Å². The van der Waals surface area contributed by atoms with Crippen molar-refractivity contribution in [1.29, 1.82) is 0 Å². The number of aliphatic hydroxyl groups excluding tert-OH is 1. The molecule has 0 bridgehead atoms. The zero-order valence-corrected chi connectivity index (χ0v) is 35.1. The number of hydrogen-bond acceptors (Lipinski definition) is 12. The van der Waals surface area contributed by atoms with Crippen LogP contribution in [0.4, 0.5) is 5.82 Å². The van der Waals surface area contributed by atoms with E-state index in [2.05, 4.69) is 48.2 Å². The number of β-amino-alcohol motifs (C(OH)–C–C–N with tert-alkyl or cyclic N) is 1. The molecule has 14 nitrogen and oxygen atoms in total. The molecule has 0 spiro atoms. The number of aromatic hydroxyl groups is 1. The summed E-state index contributed by atoms with van der Waals surface area (Å²) in [5.74, 6) is 0.203. The molecule has 2 aromatic carbocycles. The standard InChI is InChI=1S/C44H51N9O5S/c1-25(2)41(44(57)53-23-31(54)17-37(53)43(56)46-26(3)28-11-13-29(14-12-28)42-27(4)45-24-59-42)39-20-40(49-58-39)50(5)15-16-52-21-30(22-52)35-19-34-36(51(35)6)18-33(47-48-34)32-9-7-8-10-38(32)55/h7-14,18-20,24-26,30-31,37,41,54-55H,15-17,21-23H2,1-6H3,(H,46,56)/t26-,31+,37-,41+/m0/s1. The number of thiazole rings is 1. The van der Waals surface area contributed by atoms with Gasteiger partial charge in [-0.05, 0) is 55.2 Å². The summed E-state index contributed by atoms with van der Waals surface area (Å²) in [5.41, 5.74) is 9.12. The van der Waals surface area contributed by atoms with Crippen LogP contribution in [-0.2, 0) is 16.6 Å². The number of aryl methyl sites for hydroxylation is 2. The molecule has 308 valence electrons. The monoisotopic (exact) mass is 817 g/mol. The lowest BCUT2D eigenvalue weighted by molar-refractivity contribution is -0.141. The maximum atomic E-state index is 14.2. The zero-order chi connectivity index (χ0) is 41.5. The number of anilines is 1. The molecule has 2 fully saturated rings. The molecule has 4 atom stereocenters. The van der Waals surface area contributed by atoms with Crippen molar-refractivity contribution in [2.45, 2.75) is 64.1 Å². The molecule has 6 heterocycles. The van der Waals surface area contributed by atoms with Gasteiger partial charge in [0, 0.05) is 76.5 Å². The fraction of sp³-hybridized carbons (Fsp3) is 0.409. The lowest BCUT2D eigenvalue weighted by atomic mass is 9.91. The van der Waals surface area contributed by atoms with Gasteiger partial charge in [-0.1, -0.05) is 55.4 Å². The van der Waals surface area contributed by atoms with Gasteiger partial charge in [-0.2, -0.15) is 0 Å². The van der Waals surface area contributed by atoms with Crippen LogP contribution in [-0.4, -0.2) is 109 Å². The number of aliphatic hydroxyl groups is 1. The molecule has 59 heavy (non-hydrogen) atoms. The summed E-state index contributed by atoms with van der Waals surface area (Å²) in [6, 6.07) is 20.0. The van der Waals surface area contributed by atoms with Crippen LogP contribution in [0.3, 0.4) is 0 Å². The third-order valence-electron chi connectivity index (χ3n) is 11.9. The summed E-state index contributed by atoms with van der Waals surface area (Å²) in [4.78, 5) is 39.3. The van der Waals surface area contributed by atoms with Crippen molar-refractivity contribution in [3.05, 3.63) is 95.0 Å². The maximum absolute atomic E-state index is 14.2. The van der Waals surface area contributed by atoms with Gasteiger partial charge in [0.2, 0.25) is 11.8 Å². The molecule has 8 rings (SSSR count). The number of fused-ring (bicyclic) bond motifs is 1. The fourth-order valence-electron chi connectivity index (χ4n) is 8.42. The Morgan fingerprint density at radius 3 is 2.51 bits per heavy atom. The number of para-hydroxylation sites is 1. The van der Waals surface area contributed by atoms with E-state index < -0.39 is 18.1 Å². The van der Waals surface area contributed by atoms with Crippen LogP contribution in [0.1, 0.15) is 67.8 Å². The lowest BCUT2D eigenvalue weighted by Crippen LogP contribution is -2.48. The van der Waals surface area contributed by atoms with Gasteiger partial charge < -0.3 is 39.3 Å². The van der Waals surface area contributed by atoms with Gasteiger partial charge in [-0.15, -0.1) is 21.5 Å². The molecule has 3 N–H and O–H groups in total. The molecule has 2 saturated heterocycles. The second-order valence-electron chi connectivity index (χ2n) is 16.3. The van der Waals surface area contributed by atoms with Crippen LogP contribution in [0, 0.1) is 12.8 Å². The van der Waals surface area contributed by atoms with E-state index in [9.17, 15) is 19.8 Å². The molecule has 15 heteroatoms. The summed E-state index contributed by atoms with van der Waals surface area (Å²) in [6.45, 7) is 11.2.